The minimum absolute atomic E-state index is 0.0460. The fraction of sp³-hybridized carbons (Fsp3) is 0.765. The van der Waals surface area contributed by atoms with Crippen LogP contribution >= 0.6 is 0 Å². The second-order valence-electron chi connectivity index (χ2n) is 6.76. The zero-order chi connectivity index (χ0) is 15.9. The Morgan fingerprint density at radius 2 is 1.81 bits per heavy atom. The highest BCUT2D eigenvalue weighted by molar-refractivity contribution is 5.47. The SMILES string of the molecule is CCCCC(CC)CNc1cc(NC)nc(C(C)(C)C)n1. The molecule has 0 saturated carbocycles. The summed E-state index contributed by atoms with van der Waals surface area (Å²) in [5, 5.41) is 6.63. The van der Waals surface area contributed by atoms with E-state index in [-0.39, 0.29) is 5.41 Å². The summed E-state index contributed by atoms with van der Waals surface area (Å²) in [4.78, 5) is 9.23. The van der Waals surface area contributed by atoms with Crippen LogP contribution in [-0.2, 0) is 5.41 Å². The number of anilines is 2. The highest BCUT2D eigenvalue weighted by Crippen LogP contribution is 2.22. The maximum atomic E-state index is 4.68. The fourth-order valence-electron chi connectivity index (χ4n) is 2.19. The van der Waals surface area contributed by atoms with Gasteiger partial charge in [-0.15, -0.1) is 0 Å². The van der Waals surface area contributed by atoms with Crippen LogP contribution in [0.1, 0.15) is 66.1 Å². The van der Waals surface area contributed by atoms with E-state index < -0.39 is 0 Å². The summed E-state index contributed by atoms with van der Waals surface area (Å²) in [6.45, 7) is 11.9. The molecule has 0 aliphatic carbocycles. The molecule has 1 rings (SSSR count). The minimum Gasteiger partial charge on any atom is -0.373 e. The maximum absolute atomic E-state index is 4.68. The molecule has 1 aromatic rings. The third kappa shape index (κ3) is 5.90. The van der Waals surface area contributed by atoms with Crippen molar-refractivity contribution in [1.29, 1.82) is 0 Å². The standard InChI is InChI=1S/C17H32N4/c1-7-9-10-13(8-2)12-19-15-11-14(18-6)20-16(21-15)17(3,4)5/h11,13H,7-10,12H2,1-6H3,(H2,18,19,20,21). The quantitative estimate of drug-likeness (QED) is 0.743. The zero-order valence-corrected chi connectivity index (χ0v) is 14.6. The smallest absolute Gasteiger partial charge is 0.138 e. The summed E-state index contributed by atoms with van der Waals surface area (Å²) in [5.41, 5.74) is -0.0460. The molecule has 0 aliphatic heterocycles. The molecule has 0 aromatic carbocycles. The van der Waals surface area contributed by atoms with E-state index in [0.29, 0.717) is 0 Å². The van der Waals surface area contributed by atoms with Crippen molar-refractivity contribution in [2.45, 2.75) is 65.7 Å². The lowest BCUT2D eigenvalue weighted by Gasteiger charge is -2.20. The van der Waals surface area contributed by atoms with Crippen molar-refractivity contribution in [3.05, 3.63) is 11.9 Å². The molecule has 0 aliphatic rings. The van der Waals surface area contributed by atoms with Crippen molar-refractivity contribution in [2.24, 2.45) is 5.92 Å². The average Bonchev–Trinajstić information content (AvgIpc) is 2.46. The Labute approximate surface area is 130 Å². The van der Waals surface area contributed by atoms with Gasteiger partial charge in [-0.1, -0.05) is 53.9 Å². The number of aromatic nitrogens is 2. The summed E-state index contributed by atoms with van der Waals surface area (Å²) >= 11 is 0. The van der Waals surface area contributed by atoms with Gasteiger partial charge in [-0.05, 0) is 12.3 Å². The summed E-state index contributed by atoms with van der Waals surface area (Å²) < 4.78 is 0. The second-order valence-corrected chi connectivity index (χ2v) is 6.76. The van der Waals surface area contributed by atoms with Gasteiger partial charge in [0.05, 0.1) is 0 Å². The molecule has 1 heterocycles. The number of nitrogens with one attached hydrogen (secondary N) is 2. The third-order valence-electron chi connectivity index (χ3n) is 3.77. The van der Waals surface area contributed by atoms with E-state index in [9.17, 15) is 0 Å². The molecule has 2 N–H and O–H groups in total. The molecule has 120 valence electrons. The number of unbranched alkanes of at least 4 members (excludes halogenated alkanes) is 1. The fourth-order valence-corrected chi connectivity index (χ4v) is 2.19. The Morgan fingerprint density at radius 3 is 2.33 bits per heavy atom. The van der Waals surface area contributed by atoms with Gasteiger partial charge in [-0.3, -0.25) is 0 Å². The largest absolute Gasteiger partial charge is 0.373 e. The topological polar surface area (TPSA) is 49.8 Å². The second kappa shape index (κ2) is 8.20. The summed E-state index contributed by atoms with van der Waals surface area (Å²) in [6, 6.07) is 1.99. The summed E-state index contributed by atoms with van der Waals surface area (Å²) in [7, 11) is 1.90. The van der Waals surface area contributed by atoms with Gasteiger partial charge in [0.2, 0.25) is 0 Å². The van der Waals surface area contributed by atoms with E-state index >= 15 is 0 Å². The van der Waals surface area contributed by atoms with Crippen molar-refractivity contribution in [1.82, 2.24) is 9.97 Å². The highest BCUT2D eigenvalue weighted by Gasteiger charge is 2.19. The van der Waals surface area contributed by atoms with Gasteiger partial charge >= 0.3 is 0 Å². The van der Waals surface area contributed by atoms with Gasteiger partial charge in [0, 0.05) is 25.1 Å². The van der Waals surface area contributed by atoms with Crippen LogP contribution in [0.25, 0.3) is 0 Å². The van der Waals surface area contributed by atoms with Gasteiger partial charge < -0.3 is 10.6 Å². The normalized spacial score (nSPS) is 13.0. The zero-order valence-electron chi connectivity index (χ0n) is 14.6. The predicted molar refractivity (Wildman–Crippen MR) is 92.1 cm³/mol. The van der Waals surface area contributed by atoms with Crippen molar-refractivity contribution >= 4 is 11.6 Å². The van der Waals surface area contributed by atoms with Crippen LogP contribution in [0.3, 0.4) is 0 Å². The lowest BCUT2D eigenvalue weighted by molar-refractivity contribution is 0.472. The number of hydrogen-bond donors (Lipinski definition) is 2. The van der Waals surface area contributed by atoms with E-state index in [2.05, 4.69) is 55.2 Å². The first-order valence-corrected chi connectivity index (χ1v) is 8.21. The summed E-state index contributed by atoms with van der Waals surface area (Å²) in [6.07, 6.45) is 5.07. The molecular formula is C17H32N4. The maximum Gasteiger partial charge on any atom is 0.138 e. The highest BCUT2D eigenvalue weighted by atomic mass is 15.1. The van der Waals surface area contributed by atoms with Gasteiger partial charge in [-0.2, -0.15) is 0 Å². The lowest BCUT2D eigenvalue weighted by atomic mass is 9.95. The molecule has 0 saturated heterocycles. The summed E-state index contributed by atoms with van der Waals surface area (Å²) in [5.74, 6) is 3.39. The van der Waals surface area contributed by atoms with Crippen molar-refractivity contribution < 1.29 is 0 Å². The predicted octanol–water partition coefficient (Wildman–Crippen LogP) is 4.44. The number of nitrogens with zero attached hydrogens (tertiary/aromatic N) is 2. The molecule has 4 heteroatoms. The Hall–Kier alpha value is -1.32. The first-order valence-electron chi connectivity index (χ1n) is 8.21. The molecule has 0 radical (unpaired) electrons. The Kier molecular flexibility index (Phi) is 6.93. The van der Waals surface area contributed by atoms with E-state index in [4.69, 9.17) is 0 Å². The van der Waals surface area contributed by atoms with Crippen LogP contribution in [0.15, 0.2) is 6.07 Å². The van der Waals surface area contributed by atoms with Crippen molar-refractivity contribution in [3.8, 4) is 0 Å². The molecule has 0 fully saturated rings. The molecular weight excluding hydrogens is 260 g/mol. The van der Waals surface area contributed by atoms with Crippen molar-refractivity contribution in [3.63, 3.8) is 0 Å². The monoisotopic (exact) mass is 292 g/mol. The molecule has 1 atom stereocenters. The van der Waals surface area contributed by atoms with Gasteiger partial charge in [0.1, 0.15) is 17.5 Å². The van der Waals surface area contributed by atoms with Crippen molar-refractivity contribution in [2.75, 3.05) is 24.2 Å². The molecule has 0 amide bonds. The van der Waals surface area contributed by atoms with Crippen LogP contribution < -0.4 is 10.6 Å². The first kappa shape index (κ1) is 17.7. The Bertz CT molecular complexity index is 423. The molecule has 21 heavy (non-hydrogen) atoms. The van der Waals surface area contributed by atoms with Gasteiger partial charge in [-0.25, -0.2) is 9.97 Å². The number of rotatable bonds is 8. The first-order chi connectivity index (χ1) is 9.90. The van der Waals surface area contributed by atoms with Crippen LogP contribution in [0.5, 0.6) is 0 Å². The van der Waals surface area contributed by atoms with Crippen LogP contribution in [0.2, 0.25) is 0 Å². The van der Waals surface area contributed by atoms with E-state index in [0.717, 1.165) is 29.9 Å². The average molecular weight is 292 g/mol. The van der Waals surface area contributed by atoms with Crippen LogP contribution in [0.4, 0.5) is 11.6 Å². The Balaban J connectivity index is 2.78. The van der Waals surface area contributed by atoms with E-state index in [1.165, 1.54) is 25.7 Å². The molecule has 4 nitrogen and oxygen atoms in total. The molecule has 1 unspecified atom stereocenters. The van der Waals surface area contributed by atoms with Gasteiger partial charge in [0.15, 0.2) is 0 Å². The van der Waals surface area contributed by atoms with E-state index in [1.54, 1.807) is 0 Å². The molecule has 0 bridgehead atoms. The van der Waals surface area contributed by atoms with Gasteiger partial charge in [0.25, 0.3) is 0 Å². The number of hydrogen-bond acceptors (Lipinski definition) is 4. The molecule has 1 aromatic heterocycles. The third-order valence-corrected chi connectivity index (χ3v) is 3.77. The molecule has 0 spiro atoms. The van der Waals surface area contributed by atoms with Crippen LogP contribution in [0, 0.1) is 5.92 Å². The van der Waals surface area contributed by atoms with E-state index in [1.807, 2.05) is 13.1 Å². The Morgan fingerprint density at radius 1 is 1.14 bits per heavy atom. The minimum atomic E-state index is -0.0460. The van der Waals surface area contributed by atoms with Crippen LogP contribution in [-0.4, -0.2) is 23.6 Å². The lowest BCUT2D eigenvalue weighted by Crippen LogP contribution is -2.20.